The Bertz CT molecular complexity index is 177. The zero-order valence-corrected chi connectivity index (χ0v) is 5.28. The van der Waals surface area contributed by atoms with E-state index in [2.05, 4.69) is 0 Å². The lowest BCUT2D eigenvalue weighted by Gasteiger charge is -1.62. The molecule has 36 valence electrons. The van der Waals surface area contributed by atoms with E-state index in [4.69, 9.17) is 16.0 Å². The van der Waals surface area contributed by atoms with Crippen molar-refractivity contribution in [1.29, 1.82) is 0 Å². The first-order chi connectivity index (χ1) is 3.39. The molecule has 0 radical (unpaired) electrons. The first-order valence-corrected chi connectivity index (χ1v) is 4.20. The van der Waals surface area contributed by atoms with E-state index in [1.54, 1.807) is 6.26 Å². The van der Waals surface area contributed by atoms with E-state index in [0.717, 1.165) is 0 Å². The third-order valence-electron chi connectivity index (χ3n) is 0.562. The van der Waals surface area contributed by atoms with E-state index in [-0.39, 0.29) is 0 Å². The topological polar surface area (TPSA) is 13.1 Å². The van der Waals surface area contributed by atoms with Gasteiger partial charge in [0, 0.05) is 0 Å². The molecule has 1 atom stereocenters. The summed E-state index contributed by atoms with van der Waals surface area (Å²) in [5.74, 6) is 1.88. The van der Waals surface area contributed by atoms with Gasteiger partial charge in [-0.25, -0.2) is 0 Å². The average molecular weight is 131 g/mol. The van der Waals surface area contributed by atoms with Gasteiger partial charge >= 0.3 is 6.55 Å². The molecule has 1 rings (SSSR count). The molecular weight excluding hydrogens is 127 g/mol. The average Bonchev–Trinajstić information content (AvgIpc) is 1.69. The third-order valence-corrected chi connectivity index (χ3v) is 1.93. The van der Waals surface area contributed by atoms with Crippen LogP contribution in [0, 0.1) is 0 Å². The molecule has 7 heavy (non-hydrogen) atoms. The van der Waals surface area contributed by atoms with Gasteiger partial charge in [0.1, 0.15) is 6.26 Å². The smallest absolute Gasteiger partial charge is 0.280 e. The van der Waals surface area contributed by atoms with Crippen LogP contribution in [-0.4, -0.2) is 0 Å². The lowest BCUT2D eigenvalue weighted by Crippen LogP contribution is -1.41. The standard InChI is InChI=1S/C4H4OPS/c7-6-4-2-1-3-5-6/h1-4H/q+1. The minimum Gasteiger partial charge on any atom is -0.280 e. The number of hydrogen-bond donors (Lipinski definition) is 0. The minimum atomic E-state index is -0.676. The highest BCUT2D eigenvalue weighted by Crippen LogP contribution is 2.13. The Kier molecular flexibility index (Phi) is 1.55. The van der Waals surface area contributed by atoms with Crippen LogP contribution >= 0.6 is 18.4 Å². The molecule has 1 unspecified atom stereocenters. The van der Waals surface area contributed by atoms with Crippen LogP contribution < -0.4 is 0 Å². The van der Waals surface area contributed by atoms with Crippen molar-refractivity contribution < 1.29 is 4.20 Å². The molecule has 1 nitrogen and oxygen atoms in total. The van der Waals surface area contributed by atoms with Crippen molar-refractivity contribution in [3.8, 4) is 0 Å². The lowest BCUT2D eigenvalue weighted by molar-refractivity contribution is 0.685. The van der Waals surface area contributed by atoms with Crippen LogP contribution in [0.4, 0.5) is 0 Å². The SMILES string of the molecule is S=[p+]1cccco1. The second kappa shape index (κ2) is 2.20. The zero-order chi connectivity index (χ0) is 5.11. The molecule has 1 heterocycles. The molecule has 0 amide bonds. The van der Waals surface area contributed by atoms with Gasteiger partial charge in [0.2, 0.25) is 11.8 Å². The minimum absolute atomic E-state index is 0.676. The molecule has 0 aliphatic heterocycles. The van der Waals surface area contributed by atoms with E-state index in [1.165, 1.54) is 0 Å². The summed E-state index contributed by atoms with van der Waals surface area (Å²) in [6, 6.07) is 3.73. The van der Waals surface area contributed by atoms with Crippen molar-refractivity contribution in [3.63, 3.8) is 0 Å². The normalized spacial score (nSPS) is 11.1. The Balaban J connectivity index is 3.28. The van der Waals surface area contributed by atoms with Gasteiger partial charge in [0.05, 0.1) is 0 Å². The molecule has 1 aromatic heterocycles. The summed E-state index contributed by atoms with van der Waals surface area (Å²) in [6.07, 6.45) is 1.62. The maximum absolute atomic E-state index is 4.89. The van der Waals surface area contributed by atoms with E-state index < -0.39 is 6.55 Å². The van der Waals surface area contributed by atoms with Crippen LogP contribution in [-0.2, 0) is 0 Å². The van der Waals surface area contributed by atoms with E-state index in [0.29, 0.717) is 0 Å². The second-order valence-corrected chi connectivity index (χ2v) is 3.22. The second-order valence-electron chi connectivity index (χ2n) is 1.06. The van der Waals surface area contributed by atoms with E-state index >= 15 is 0 Å². The number of hydrogen-bond acceptors (Lipinski definition) is 2. The van der Waals surface area contributed by atoms with Gasteiger partial charge in [0.15, 0.2) is 5.80 Å². The summed E-state index contributed by atoms with van der Waals surface area (Å²) in [6.45, 7) is -0.676. The Morgan fingerprint density at radius 2 is 2.29 bits per heavy atom. The van der Waals surface area contributed by atoms with Gasteiger partial charge in [-0.15, -0.1) is 0 Å². The predicted octanol–water partition coefficient (Wildman–Crippen LogP) is 2.79. The monoisotopic (exact) mass is 131 g/mol. The number of rotatable bonds is 0. The first-order valence-electron chi connectivity index (χ1n) is 1.86. The van der Waals surface area contributed by atoms with Crippen LogP contribution in [0.15, 0.2) is 28.4 Å². The molecule has 1 aromatic rings. The van der Waals surface area contributed by atoms with Gasteiger partial charge in [-0.1, -0.05) is 0 Å². The van der Waals surface area contributed by atoms with Gasteiger partial charge in [-0.2, -0.15) is 0 Å². The van der Waals surface area contributed by atoms with Crippen LogP contribution in [0.5, 0.6) is 0 Å². The highest BCUT2D eigenvalue weighted by molar-refractivity contribution is 8.12. The van der Waals surface area contributed by atoms with Gasteiger partial charge in [-0.3, -0.25) is 4.20 Å². The summed E-state index contributed by atoms with van der Waals surface area (Å²) in [4.78, 5) is 0. The van der Waals surface area contributed by atoms with E-state index in [1.807, 2.05) is 17.9 Å². The van der Waals surface area contributed by atoms with Crippen molar-refractivity contribution in [2.75, 3.05) is 0 Å². The van der Waals surface area contributed by atoms with Crippen LogP contribution in [0.1, 0.15) is 0 Å². The van der Waals surface area contributed by atoms with Crippen LogP contribution in [0.2, 0.25) is 0 Å². The maximum atomic E-state index is 4.89. The fraction of sp³-hybridized carbons (Fsp3) is 0. The Morgan fingerprint density at radius 1 is 1.43 bits per heavy atom. The summed E-state index contributed by atoms with van der Waals surface area (Å²) >= 11 is 4.79. The van der Waals surface area contributed by atoms with Crippen molar-refractivity contribution >= 4 is 18.4 Å². The van der Waals surface area contributed by atoms with E-state index in [9.17, 15) is 0 Å². The van der Waals surface area contributed by atoms with Gasteiger partial charge in [0.25, 0.3) is 0 Å². The third kappa shape index (κ3) is 1.38. The zero-order valence-electron chi connectivity index (χ0n) is 3.57. The Labute approximate surface area is 47.4 Å². The Hall–Kier alpha value is -0.200. The van der Waals surface area contributed by atoms with Gasteiger partial charge < -0.3 is 0 Å². The predicted molar refractivity (Wildman–Crippen MR) is 33.2 cm³/mol. The summed E-state index contributed by atoms with van der Waals surface area (Å²) in [7, 11) is 0. The molecule has 0 aliphatic carbocycles. The van der Waals surface area contributed by atoms with Crippen molar-refractivity contribution in [1.82, 2.24) is 0 Å². The Morgan fingerprint density at radius 3 is 2.57 bits per heavy atom. The first kappa shape index (κ1) is 4.95. The molecule has 0 bridgehead atoms. The fourth-order valence-electron chi connectivity index (χ4n) is 0.296. The molecule has 3 heteroatoms. The maximum Gasteiger partial charge on any atom is 0.418 e. The largest absolute Gasteiger partial charge is 0.418 e. The highest BCUT2D eigenvalue weighted by Gasteiger charge is 1.83. The lowest BCUT2D eigenvalue weighted by atomic mass is 10.7. The van der Waals surface area contributed by atoms with Crippen LogP contribution in [0.3, 0.4) is 0 Å². The molecule has 0 fully saturated rings. The molecule has 0 N–H and O–H groups in total. The van der Waals surface area contributed by atoms with Crippen molar-refractivity contribution in [2.24, 2.45) is 0 Å². The molecule has 0 saturated carbocycles. The molecular formula is C4H4OPS+. The molecule has 0 saturated heterocycles. The summed E-state index contributed by atoms with van der Waals surface area (Å²) in [5.41, 5.74) is 0. The quantitative estimate of drug-likeness (QED) is 0.537. The molecule has 0 aliphatic rings. The highest BCUT2D eigenvalue weighted by atomic mass is 32.4. The summed E-state index contributed by atoms with van der Waals surface area (Å²) in [5, 5.41) is 0. The van der Waals surface area contributed by atoms with Gasteiger partial charge in [-0.05, 0) is 12.1 Å². The van der Waals surface area contributed by atoms with Crippen molar-refractivity contribution in [3.05, 3.63) is 24.2 Å². The molecule has 0 aromatic carbocycles. The fourth-order valence-corrected chi connectivity index (χ4v) is 1.16. The summed E-state index contributed by atoms with van der Waals surface area (Å²) < 4.78 is 4.89. The molecule has 0 spiro atoms. The van der Waals surface area contributed by atoms with Crippen molar-refractivity contribution in [2.45, 2.75) is 0 Å². The van der Waals surface area contributed by atoms with Crippen LogP contribution in [0.25, 0.3) is 0 Å².